The van der Waals surface area contributed by atoms with Crippen LogP contribution in [0.4, 0.5) is 0 Å². The van der Waals surface area contributed by atoms with E-state index in [1.807, 2.05) is 6.07 Å². The largest absolute Gasteiger partial charge is 0.468 e. The Hall–Kier alpha value is -0.800. The van der Waals surface area contributed by atoms with Gasteiger partial charge in [-0.25, -0.2) is 0 Å². The lowest BCUT2D eigenvalue weighted by molar-refractivity contribution is 0.212. The van der Waals surface area contributed by atoms with Gasteiger partial charge in [-0.05, 0) is 45.0 Å². The molecule has 0 aliphatic heterocycles. The van der Waals surface area contributed by atoms with Gasteiger partial charge < -0.3 is 9.73 Å². The molecule has 3 heteroatoms. The van der Waals surface area contributed by atoms with Crippen LogP contribution in [0, 0.1) is 5.92 Å². The molecule has 1 aromatic heterocycles. The molecule has 1 heterocycles. The van der Waals surface area contributed by atoms with Crippen LogP contribution in [-0.4, -0.2) is 31.6 Å². The second-order valence-electron chi connectivity index (χ2n) is 5.57. The third-order valence-corrected chi connectivity index (χ3v) is 4.08. The summed E-state index contributed by atoms with van der Waals surface area (Å²) < 4.78 is 5.41. The molecule has 2 atom stereocenters. The van der Waals surface area contributed by atoms with Gasteiger partial charge in [0, 0.05) is 12.6 Å². The Morgan fingerprint density at radius 2 is 2.17 bits per heavy atom. The fourth-order valence-corrected chi connectivity index (χ4v) is 3.12. The molecular formula is C15H26N2O. The average molecular weight is 250 g/mol. The van der Waals surface area contributed by atoms with Crippen LogP contribution >= 0.6 is 0 Å². The van der Waals surface area contributed by atoms with Gasteiger partial charge in [0.05, 0.1) is 12.8 Å². The van der Waals surface area contributed by atoms with E-state index in [-0.39, 0.29) is 0 Å². The fraction of sp³-hybridized carbons (Fsp3) is 0.733. The summed E-state index contributed by atoms with van der Waals surface area (Å²) in [5, 5.41) is 3.51. The van der Waals surface area contributed by atoms with E-state index in [2.05, 4.69) is 30.4 Å². The zero-order valence-electron chi connectivity index (χ0n) is 11.7. The Balaban J connectivity index is 1.85. The van der Waals surface area contributed by atoms with Crippen LogP contribution in [0.1, 0.15) is 37.9 Å². The van der Waals surface area contributed by atoms with Gasteiger partial charge in [-0.3, -0.25) is 4.90 Å². The second-order valence-corrected chi connectivity index (χ2v) is 5.57. The minimum Gasteiger partial charge on any atom is -0.468 e. The maximum absolute atomic E-state index is 5.41. The Morgan fingerprint density at radius 3 is 2.89 bits per heavy atom. The zero-order chi connectivity index (χ0) is 12.8. The predicted molar refractivity (Wildman–Crippen MR) is 74.5 cm³/mol. The van der Waals surface area contributed by atoms with Crippen molar-refractivity contribution < 1.29 is 4.42 Å². The molecule has 1 aliphatic carbocycles. The molecule has 2 unspecified atom stereocenters. The van der Waals surface area contributed by atoms with Crippen LogP contribution in [0.2, 0.25) is 0 Å². The van der Waals surface area contributed by atoms with E-state index in [0.29, 0.717) is 6.04 Å². The van der Waals surface area contributed by atoms with Gasteiger partial charge in [-0.2, -0.15) is 0 Å². The van der Waals surface area contributed by atoms with Gasteiger partial charge >= 0.3 is 0 Å². The topological polar surface area (TPSA) is 28.4 Å². The van der Waals surface area contributed by atoms with Crippen molar-refractivity contribution in [3.63, 3.8) is 0 Å². The number of rotatable bonds is 5. The van der Waals surface area contributed by atoms with Crippen molar-refractivity contribution in [1.29, 1.82) is 0 Å². The first kappa shape index (κ1) is 13.6. The SMILES string of the molecule is CNC1CCCCCC1CN(C)Cc1ccco1. The zero-order valence-corrected chi connectivity index (χ0v) is 11.7. The van der Waals surface area contributed by atoms with E-state index in [4.69, 9.17) is 4.42 Å². The van der Waals surface area contributed by atoms with Crippen LogP contribution in [0.25, 0.3) is 0 Å². The van der Waals surface area contributed by atoms with Crippen molar-refractivity contribution in [2.75, 3.05) is 20.6 Å². The monoisotopic (exact) mass is 250 g/mol. The summed E-state index contributed by atoms with van der Waals surface area (Å²) in [7, 11) is 4.30. The molecule has 1 saturated carbocycles. The van der Waals surface area contributed by atoms with Gasteiger partial charge in [0.2, 0.25) is 0 Å². The second kappa shape index (κ2) is 6.95. The summed E-state index contributed by atoms with van der Waals surface area (Å²) in [5.41, 5.74) is 0. The average Bonchev–Trinajstić information content (AvgIpc) is 2.75. The Bertz CT molecular complexity index is 323. The fourth-order valence-electron chi connectivity index (χ4n) is 3.12. The number of nitrogens with one attached hydrogen (secondary N) is 1. The molecule has 1 fully saturated rings. The first-order valence-electron chi connectivity index (χ1n) is 7.18. The van der Waals surface area contributed by atoms with E-state index in [1.165, 1.54) is 32.1 Å². The molecule has 102 valence electrons. The van der Waals surface area contributed by atoms with Crippen LogP contribution in [-0.2, 0) is 6.54 Å². The van der Waals surface area contributed by atoms with E-state index in [0.717, 1.165) is 24.8 Å². The third-order valence-electron chi connectivity index (χ3n) is 4.08. The molecule has 18 heavy (non-hydrogen) atoms. The number of hydrogen-bond donors (Lipinski definition) is 1. The van der Waals surface area contributed by atoms with E-state index < -0.39 is 0 Å². The minimum absolute atomic E-state index is 0.687. The molecule has 0 radical (unpaired) electrons. The molecule has 1 aromatic rings. The van der Waals surface area contributed by atoms with Gasteiger partial charge in [0.15, 0.2) is 0 Å². The highest BCUT2D eigenvalue weighted by Gasteiger charge is 2.23. The molecule has 0 aromatic carbocycles. The third kappa shape index (κ3) is 3.85. The summed E-state index contributed by atoms with van der Waals surface area (Å²) in [6.45, 7) is 2.08. The van der Waals surface area contributed by atoms with Crippen molar-refractivity contribution in [2.45, 2.75) is 44.7 Å². The van der Waals surface area contributed by atoms with Crippen LogP contribution in [0.15, 0.2) is 22.8 Å². The first-order valence-corrected chi connectivity index (χ1v) is 7.18. The molecule has 0 amide bonds. The van der Waals surface area contributed by atoms with Gasteiger partial charge in [0.25, 0.3) is 0 Å². The predicted octanol–water partition coefficient (Wildman–Crippen LogP) is 2.88. The summed E-state index contributed by atoms with van der Waals surface area (Å²) in [6, 6.07) is 4.70. The number of nitrogens with zero attached hydrogens (tertiary/aromatic N) is 1. The summed E-state index contributed by atoms with van der Waals surface area (Å²) in [5.74, 6) is 1.84. The Kier molecular flexibility index (Phi) is 5.26. The smallest absolute Gasteiger partial charge is 0.117 e. The molecule has 1 N–H and O–H groups in total. The van der Waals surface area contributed by atoms with Crippen LogP contribution in [0.5, 0.6) is 0 Å². The maximum Gasteiger partial charge on any atom is 0.117 e. The lowest BCUT2D eigenvalue weighted by Gasteiger charge is -2.28. The van der Waals surface area contributed by atoms with Crippen molar-refractivity contribution in [1.82, 2.24) is 10.2 Å². The van der Waals surface area contributed by atoms with Crippen molar-refractivity contribution in [3.05, 3.63) is 24.2 Å². The van der Waals surface area contributed by atoms with E-state index in [9.17, 15) is 0 Å². The van der Waals surface area contributed by atoms with Crippen LogP contribution in [0.3, 0.4) is 0 Å². The highest BCUT2D eigenvalue weighted by atomic mass is 16.3. The van der Waals surface area contributed by atoms with E-state index >= 15 is 0 Å². The molecule has 2 rings (SSSR count). The number of hydrogen-bond acceptors (Lipinski definition) is 3. The summed E-state index contributed by atoms with van der Waals surface area (Å²) in [6.07, 6.45) is 8.60. The van der Waals surface area contributed by atoms with Gasteiger partial charge in [-0.15, -0.1) is 0 Å². The molecular weight excluding hydrogens is 224 g/mol. The Labute approximate surface area is 111 Å². The highest BCUT2D eigenvalue weighted by Crippen LogP contribution is 2.24. The van der Waals surface area contributed by atoms with Crippen LogP contribution < -0.4 is 5.32 Å². The normalized spacial score (nSPS) is 25.3. The summed E-state index contributed by atoms with van der Waals surface area (Å²) in [4.78, 5) is 2.39. The molecule has 1 aliphatic rings. The first-order chi connectivity index (χ1) is 8.79. The molecule has 0 bridgehead atoms. The minimum atomic E-state index is 0.687. The Morgan fingerprint density at radius 1 is 1.33 bits per heavy atom. The lowest BCUT2D eigenvalue weighted by Crippen LogP contribution is -2.39. The van der Waals surface area contributed by atoms with Gasteiger partial charge in [0.1, 0.15) is 5.76 Å². The van der Waals surface area contributed by atoms with Crippen molar-refractivity contribution in [3.8, 4) is 0 Å². The maximum atomic E-state index is 5.41. The van der Waals surface area contributed by atoms with E-state index in [1.54, 1.807) is 6.26 Å². The molecule has 0 saturated heterocycles. The standard InChI is InChI=1S/C15H26N2O/c1-16-15-9-5-3-4-7-13(15)11-17(2)12-14-8-6-10-18-14/h6,8,10,13,15-16H,3-5,7,9,11-12H2,1-2H3. The molecule has 0 spiro atoms. The van der Waals surface area contributed by atoms with Gasteiger partial charge in [-0.1, -0.05) is 19.3 Å². The quantitative estimate of drug-likeness (QED) is 0.815. The molecule has 3 nitrogen and oxygen atoms in total. The van der Waals surface area contributed by atoms with Crippen molar-refractivity contribution in [2.24, 2.45) is 5.92 Å². The summed E-state index contributed by atoms with van der Waals surface area (Å²) >= 11 is 0. The van der Waals surface area contributed by atoms with Crippen molar-refractivity contribution >= 4 is 0 Å². The lowest BCUT2D eigenvalue weighted by atomic mass is 9.94. The highest BCUT2D eigenvalue weighted by molar-refractivity contribution is 4.97. The number of furan rings is 1.